The van der Waals surface area contributed by atoms with Gasteiger partial charge < -0.3 is 9.47 Å². The van der Waals surface area contributed by atoms with Crippen molar-refractivity contribution in [2.75, 3.05) is 18.4 Å². The van der Waals surface area contributed by atoms with Gasteiger partial charge in [0.15, 0.2) is 0 Å². The average Bonchev–Trinajstić information content (AvgIpc) is 3.14. The Labute approximate surface area is 226 Å². The van der Waals surface area contributed by atoms with Crippen LogP contribution in [0.1, 0.15) is 78.6 Å². The number of alkyl halides is 4. The van der Waals surface area contributed by atoms with Crippen LogP contribution in [0.25, 0.3) is 0 Å². The minimum atomic E-state index is -0.428. The van der Waals surface area contributed by atoms with E-state index >= 15 is 0 Å². The molecule has 0 radical (unpaired) electrons. The summed E-state index contributed by atoms with van der Waals surface area (Å²) in [6.07, 6.45) is 11.5. The van der Waals surface area contributed by atoms with Gasteiger partial charge in [-0.25, -0.2) is 0 Å². The van der Waals surface area contributed by atoms with E-state index in [9.17, 15) is 9.59 Å². The van der Waals surface area contributed by atoms with Crippen LogP contribution in [0.4, 0.5) is 0 Å². The van der Waals surface area contributed by atoms with Gasteiger partial charge >= 0.3 is 11.9 Å². The molecule has 33 heavy (non-hydrogen) atoms. The third-order valence-corrected chi connectivity index (χ3v) is 8.15. The standard InChI is InChI=1S/C25H38Br2Cl2O4/c1-18(2)7-4-8-19(3)9-5-13-25(17-32-23(30)20(26)11-15-28)14-6-10-22(25)33-24(31)21(27)12-16-29/h7,9,20-22H,4-6,8,10-17H2,1-3H3/b19-9+/t20?,21?,22-,25-/m1/s1. The van der Waals surface area contributed by atoms with Crippen molar-refractivity contribution in [3.63, 3.8) is 0 Å². The van der Waals surface area contributed by atoms with Gasteiger partial charge in [-0.05, 0) is 78.6 Å². The molecule has 1 aliphatic carbocycles. The van der Waals surface area contributed by atoms with Gasteiger partial charge in [0.05, 0.1) is 0 Å². The molecule has 190 valence electrons. The van der Waals surface area contributed by atoms with E-state index in [1.807, 2.05) is 0 Å². The molecular formula is C25H38Br2Cl2O4. The molecule has 0 spiro atoms. The zero-order valence-corrected chi connectivity index (χ0v) is 24.7. The molecule has 8 heteroatoms. The van der Waals surface area contributed by atoms with Crippen LogP contribution in [0.2, 0.25) is 0 Å². The Balaban J connectivity index is 2.89. The van der Waals surface area contributed by atoms with Crippen LogP contribution in [0.5, 0.6) is 0 Å². The number of carbonyl (C=O) groups excluding carboxylic acids is 2. The van der Waals surface area contributed by atoms with Crippen LogP contribution < -0.4 is 0 Å². The zero-order valence-electron chi connectivity index (χ0n) is 20.0. The van der Waals surface area contributed by atoms with Crippen LogP contribution >= 0.6 is 55.1 Å². The fourth-order valence-corrected chi connectivity index (χ4v) is 5.72. The van der Waals surface area contributed by atoms with E-state index in [0.717, 1.165) is 44.9 Å². The molecule has 0 aromatic rings. The maximum absolute atomic E-state index is 12.6. The lowest BCUT2D eigenvalue weighted by molar-refractivity contribution is -0.160. The molecule has 4 nitrogen and oxygen atoms in total. The lowest BCUT2D eigenvalue weighted by Gasteiger charge is -2.35. The van der Waals surface area contributed by atoms with E-state index in [2.05, 4.69) is 64.8 Å². The van der Waals surface area contributed by atoms with E-state index in [0.29, 0.717) is 24.6 Å². The summed E-state index contributed by atoms with van der Waals surface area (Å²) < 4.78 is 11.6. The first-order chi connectivity index (χ1) is 15.6. The maximum atomic E-state index is 12.6. The van der Waals surface area contributed by atoms with E-state index in [-0.39, 0.29) is 30.1 Å². The summed E-state index contributed by atoms with van der Waals surface area (Å²) in [5, 5.41) is 0. The average molecular weight is 633 g/mol. The molecule has 0 aromatic carbocycles. The molecule has 0 amide bonds. The van der Waals surface area contributed by atoms with Crippen molar-refractivity contribution in [2.45, 2.75) is 94.3 Å². The van der Waals surface area contributed by atoms with Gasteiger partial charge in [-0.3, -0.25) is 9.59 Å². The van der Waals surface area contributed by atoms with Crippen molar-refractivity contribution in [1.29, 1.82) is 0 Å². The second-order valence-electron chi connectivity index (χ2n) is 9.09. The normalized spacial score (nSPS) is 22.5. The van der Waals surface area contributed by atoms with Gasteiger partial charge in [-0.15, -0.1) is 23.2 Å². The minimum absolute atomic E-state index is 0.237. The Kier molecular flexibility index (Phi) is 15.6. The van der Waals surface area contributed by atoms with Gasteiger partial charge in [0.1, 0.15) is 22.4 Å². The lowest BCUT2D eigenvalue weighted by Crippen LogP contribution is -2.40. The molecule has 1 fully saturated rings. The molecule has 0 saturated heterocycles. The summed E-state index contributed by atoms with van der Waals surface area (Å²) in [6, 6.07) is 0. The van der Waals surface area contributed by atoms with E-state index < -0.39 is 9.65 Å². The second-order valence-corrected chi connectivity index (χ2v) is 12.1. The van der Waals surface area contributed by atoms with Crippen molar-refractivity contribution in [3.05, 3.63) is 23.3 Å². The molecule has 2 unspecified atom stereocenters. The minimum Gasteiger partial charge on any atom is -0.464 e. The molecule has 0 aliphatic heterocycles. The zero-order chi connectivity index (χ0) is 24.9. The van der Waals surface area contributed by atoms with Gasteiger partial charge in [0.2, 0.25) is 0 Å². The fourth-order valence-electron chi connectivity index (χ4n) is 4.06. The molecule has 0 bridgehead atoms. The number of ether oxygens (including phenoxy) is 2. The van der Waals surface area contributed by atoms with E-state index in [1.165, 1.54) is 11.1 Å². The quantitative estimate of drug-likeness (QED) is 0.105. The number of hydrogen-bond acceptors (Lipinski definition) is 4. The SMILES string of the molecule is CC(C)=CCC/C(C)=C/CC[C@]1(COC(=O)C(Br)CCCl)CCC[C@H]1OC(=O)C(Br)CCCl. The molecule has 1 saturated carbocycles. The number of carbonyl (C=O) groups is 2. The molecular weight excluding hydrogens is 595 g/mol. The first kappa shape index (κ1) is 31.0. The summed E-state index contributed by atoms with van der Waals surface area (Å²) >= 11 is 18.3. The Morgan fingerprint density at radius 2 is 1.67 bits per heavy atom. The summed E-state index contributed by atoms with van der Waals surface area (Å²) in [5.41, 5.74) is 2.29. The molecule has 0 N–H and O–H groups in total. The highest BCUT2D eigenvalue weighted by molar-refractivity contribution is 9.10. The first-order valence-corrected chi connectivity index (χ1v) is 14.6. The van der Waals surface area contributed by atoms with Gasteiger partial charge in [-0.2, -0.15) is 0 Å². The van der Waals surface area contributed by atoms with Crippen LogP contribution in [0.3, 0.4) is 0 Å². The van der Waals surface area contributed by atoms with Gasteiger partial charge in [-0.1, -0.05) is 55.2 Å². The summed E-state index contributed by atoms with van der Waals surface area (Å²) in [7, 11) is 0. The van der Waals surface area contributed by atoms with Crippen molar-refractivity contribution in [2.24, 2.45) is 5.41 Å². The Morgan fingerprint density at radius 3 is 2.27 bits per heavy atom. The summed E-state index contributed by atoms with van der Waals surface area (Å²) in [5.74, 6) is 0.135. The Hall–Kier alpha value is -0.0400. The first-order valence-electron chi connectivity index (χ1n) is 11.7. The summed E-state index contributed by atoms with van der Waals surface area (Å²) in [4.78, 5) is 24.2. The third-order valence-electron chi connectivity index (χ3n) is 6.05. The maximum Gasteiger partial charge on any atom is 0.320 e. The number of allylic oxidation sites excluding steroid dienone is 4. The highest BCUT2D eigenvalue weighted by Crippen LogP contribution is 2.45. The smallest absolute Gasteiger partial charge is 0.320 e. The number of esters is 2. The van der Waals surface area contributed by atoms with Gasteiger partial charge in [0.25, 0.3) is 0 Å². The fraction of sp³-hybridized carbons (Fsp3) is 0.760. The number of hydrogen-bond donors (Lipinski definition) is 0. The number of halogens is 4. The van der Waals surface area contributed by atoms with E-state index in [4.69, 9.17) is 32.7 Å². The highest BCUT2D eigenvalue weighted by Gasteiger charge is 2.46. The third kappa shape index (κ3) is 11.5. The van der Waals surface area contributed by atoms with E-state index in [1.54, 1.807) is 0 Å². The van der Waals surface area contributed by atoms with Crippen molar-refractivity contribution in [3.8, 4) is 0 Å². The predicted molar refractivity (Wildman–Crippen MR) is 145 cm³/mol. The summed E-state index contributed by atoms with van der Waals surface area (Å²) in [6.45, 7) is 6.62. The molecule has 0 heterocycles. The van der Waals surface area contributed by atoms with Crippen LogP contribution in [-0.2, 0) is 19.1 Å². The van der Waals surface area contributed by atoms with Crippen LogP contribution in [0, 0.1) is 5.41 Å². The predicted octanol–water partition coefficient (Wildman–Crippen LogP) is 7.87. The monoisotopic (exact) mass is 630 g/mol. The van der Waals surface area contributed by atoms with Crippen molar-refractivity contribution < 1.29 is 19.1 Å². The molecule has 1 aliphatic rings. The van der Waals surface area contributed by atoms with Crippen LogP contribution in [-0.4, -0.2) is 46.1 Å². The second kappa shape index (κ2) is 16.6. The van der Waals surface area contributed by atoms with Crippen molar-refractivity contribution >= 4 is 67.0 Å². The lowest BCUT2D eigenvalue weighted by atomic mass is 9.80. The Morgan fingerprint density at radius 1 is 1.03 bits per heavy atom. The molecule has 0 aromatic heterocycles. The molecule has 1 rings (SSSR count). The largest absolute Gasteiger partial charge is 0.464 e. The Bertz CT molecular complexity index is 679. The van der Waals surface area contributed by atoms with Gasteiger partial charge in [0, 0.05) is 17.2 Å². The van der Waals surface area contributed by atoms with Crippen LogP contribution in [0.15, 0.2) is 23.3 Å². The number of rotatable bonds is 15. The molecule has 4 atom stereocenters. The topological polar surface area (TPSA) is 52.6 Å². The highest BCUT2D eigenvalue weighted by atomic mass is 79.9. The van der Waals surface area contributed by atoms with Crippen molar-refractivity contribution in [1.82, 2.24) is 0 Å².